The zero-order valence-electron chi connectivity index (χ0n) is 22.3. The van der Waals surface area contributed by atoms with Crippen molar-refractivity contribution in [3.8, 4) is 5.75 Å². The molecule has 7 nitrogen and oxygen atoms in total. The van der Waals surface area contributed by atoms with Gasteiger partial charge in [0.1, 0.15) is 11.7 Å². The molecule has 0 fully saturated rings. The first-order chi connectivity index (χ1) is 18.4. The van der Waals surface area contributed by atoms with Crippen LogP contribution in [0.5, 0.6) is 5.75 Å². The van der Waals surface area contributed by atoms with E-state index in [1.54, 1.807) is 32.7 Å². The summed E-state index contributed by atoms with van der Waals surface area (Å²) in [6, 6.07) is 15.2. The first-order valence-corrected chi connectivity index (χ1v) is 13.9. The minimum atomic E-state index is -1.08. The average Bonchev–Trinajstić information content (AvgIpc) is 2.92. The molecule has 0 saturated carbocycles. The number of rotatable bonds is 8. The maximum Gasteiger partial charge on any atom is 0.336 e. The fourth-order valence-electron chi connectivity index (χ4n) is 5.41. The number of thioether (sulfide) groups is 1. The first kappa shape index (κ1) is 27.5. The Labute approximate surface area is 227 Å². The number of nitrogens with one attached hydrogen (secondary N) is 1. The molecule has 4 rings (SSSR count). The second kappa shape index (κ2) is 11.9. The van der Waals surface area contributed by atoms with Crippen molar-refractivity contribution in [3.63, 3.8) is 0 Å². The third-order valence-corrected chi connectivity index (χ3v) is 7.79. The van der Waals surface area contributed by atoms with E-state index in [0.29, 0.717) is 34.7 Å². The van der Waals surface area contributed by atoms with Crippen LogP contribution in [0.4, 0.5) is 0 Å². The lowest BCUT2D eigenvalue weighted by atomic mass is 9.67. The van der Waals surface area contributed by atoms with Gasteiger partial charge in [-0.25, -0.2) is 4.79 Å². The van der Waals surface area contributed by atoms with Gasteiger partial charge in [0, 0.05) is 33.7 Å². The molecule has 200 valence electrons. The van der Waals surface area contributed by atoms with Crippen LogP contribution in [-0.2, 0) is 23.9 Å². The molecule has 3 atom stereocenters. The van der Waals surface area contributed by atoms with E-state index >= 15 is 0 Å². The molecule has 1 heterocycles. The summed E-state index contributed by atoms with van der Waals surface area (Å²) < 4.78 is 16.4. The van der Waals surface area contributed by atoms with E-state index in [1.807, 2.05) is 61.7 Å². The number of hydrogen-bond acceptors (Lipinski definition) is 8. The van der Waals surface area contributed by atoms with Crippen LogP contribution in [0.15, 0.2) is 76.0 Å². The van der Waals surface area contributed by atoms with Crippen LogP contribution in [0.1, 0.15) is 50.2 Å². The molecule has 2 aromatic rings. The number of carbonyl (C=O) groups excluding carboxylic acids is 3. The van der Waals surface area contributed by atoms with Crippen molar-refractivity contribution in [2.45, 2.75) is 43.9 Å². The van der Waals surface area contributed by atoms with E-state index in [4.69, 9.17) is 14.2 Å². The summed E-state index contributed by atoms with van der Waals surface area (Å²) in [5.74, 6) is -3.09. The Balaban J connectivity index is 1.91. The standard InChI is InChI=1S/C30H33NO6S/c1-6-36-29(33)24-17(3)31-22-16-21(20-10-8-9-11-23(20)35-4)26(30(34)37-7-2)28(32)27(22)25(24)18-12-14-19(38-5)15-13-18/h8-15,21,25-26,31H,6-7,16H2,1-5H3/t21-,25-,26-/m1/s1. The minimum absolute atomic E-state index is 0.151. The largest absolute Gasteiger partial charge is 0.496 e. The van der Waals surface area contributed by atoms with Crippen LogP contribution in [0.25, 0.3) is 0 Å². The number of esters is 2. The lowest BCUT2D eigenvalue weighted by molar-refractivity contribution is -0.152. The maximum absolute atomic E-state index is 14.4. The molecule has 1 aliphatic carbocycles. The molecular weight excluding hydrogens is 502 g/mol. The second-order valence-electron chi connectivity index (χ2n) is 9.13. The molecule has 1 aliphatic heterocycles. The van der Waals surface area contributed by atoms with Gasteiger partial charge in [-0.1, -0.05) is 30.3 Å². The molecule has 0 amide bonds. The summed E-state index contributed by atoms with van der Waals surface area (Å²) in [5.41, 5.74) is 3.63. The number of carbonyl (C=O) groups is 3. The van der Waals surface area contributed by atoms with Crippen molar-refractivity contribution < 1.29 is 28.6 Å². The van der Waals surface area contributed by atoms with E-state index in [2.05, 4.69) is 5.32 Å². The molecule has 0 unspecified atom stereocenters. The van der Waals surface area contributed by atoms with Gasteiger partial charge in [0.05, 0.1) is 25.9 Å². The number of dihydropyridines is 1. The molecule has 0 spiro atoms. The predicted octanol–water partition coefficient (Wildman–Crippen LogP) is 5.13. The van der Waals surface area contributed by atoms with Crippen LogP contribution in [0.3, 0.4) is 0 Å². The second-order valence-corrected chi connectivity index (χ2v) is 10.0. The molecule has 2 aliphatic rings. The quantitative estimate of drug-likeness (QED) is 0.283. The molecule has 2 aromatic carbocycles. The highest BCUT2D eigenvalue weighted by molar-refractivity contribution is 7.98. The third-order valence-electron chi connectivity index (χ3n) is 7.04. The Morgan fingerprint density at radius 2 is 1.71 bits per heavy atom. The molecule has 0 bridgehead atoms. The van der Waals surface area contributed by atoms with Gasteiger partial charge in [-0.3, -0.25) is 9.59 Å². The van der Waals surface area contributed by atoms with Gasteiger partial charge in [-0.15, -0.1) is 11.8 Å². The Morgan fingerprint density at radius 1 is 1.03 bits per heavy atom. The van der Waals surface area contributed by atoms with E-state index < -0.39 is 29.7 Å². The Bertz CT molecular complexity index is 1300. The minimum Gasteiger partial charge on any atom is -0.496 e. The summed E-state index contributed by atoms with van der Waals surface area (Å²) in [4.78, 5) is 42.0. The summed E-state index contributed by atoms with van der Waals surface area (Å²) >= 11 is 1.61. The number of Topliss-reactive ketones (excluding diaryl/α,β-unsaturated/α-hetero) is 1. The number of ketones is 1. The van der Waals surface area contributed by atoms with Gasteiger partial charge in [-0.05, 0) is 62.8 Å². The third kappa shape index (κ3) is 5.10. The fourth-order valence-corrected chi connectivity index (χ4v) is 5.82. The average molecular weight is 536 g/mol. The highest BCUT2D eigenvalue weighted by Crippen LogP contribution is 2.49. The fraction of sp³-hybridized carbons (Fsp3) is 0.367. The van der Waals surface area contributed by atoms with Gasteiger partial charge in [-0.2, -0.15) is 0 Å². The number of para-hydroxylation sites is 1. The smallest absolute Gasteiger partial charge is 0.336 e. The van der Waals surface area contributed by atoms with Crippen LogP contribution < -0.4 is 10.1 Å². The SMILES string of the molecule is CCOC(=O)C1=C(C)NC2=C(C(=O)[C@H](C(=O)OCC)[C@@H](c3ccccc3OC)C2)[C@@H]1c1ccc(SC)cc1. The van der Waals surface area contributed by atoms with Gasteiger partial charge in [0.2, 0.25) is 0 Å². The Morgan fingerprint density at radius 3 is 2.34 bits per heavy atom. The number of methoxy groups -OCH3 is 1. The number of benzene rings is 2. The van der Waals surface area contributed by atoms with Crippen LogP contribution in [-0.4, -0.2) is 44.3 Å². The summed E-state index contributed by atoms with van der Waals surface area (Å²) in [5, 5.41) is 3.33. The Kier molecular flexibility index (Phi) is 8.62. The van der Waals surface area contributed by atoms with E-state index in [0.717, 1.165) is 16.0 Å². The van der Waals surface area contributed by atoms with E-state index in [9.17, 15) is 14.4 Å². The lowest BCUT2D eigenvalue weighted by Gasteiger charge is -2.39. The van der Waals surface area contributed by atoms with Crippen molar-refractivity contribution in [1.29, 1.82) is 0 Å². The number of ether oxygens (including phenoxy) is 3. The van der Waals surface area contributed by atoms with Crippen molar-refractivity contribution >= 4 is 29.5 Å². The van der Waals surface area contributed by atoms with Crippen molar-refractivity contribution in [1.82, 2.24) is 5.32 Å². The summed E-state index contributed by atoms with van der Waals surface area (Å²) in [7, 11) is 1.57. The zero-order valence-corrected chi connectivity index (χ0v) is 23.1. The predicted molar refractivity (Wildman–Crippen MR) is 146 cm³/mol. The zero-order chi connectivity index (χ0) is 27.4. The van der Waals surface area contributed by atoms with Crippen LogP contribution in [0, 0.1) is 5.92 Å². The summed E-state index contributed by atoms with van der Waals surface area (Å²) in [6.45, 7) is 5.64. The molecule has 8 heteroatoms. The van der Waals surface area contributed by atoms with Crippen LogP contribution >= 0.6 is 11.8 Å². The maximum atomic E-state index is 14.4. The van der Waals surface area contributed by atoms with E-state index in [-0.39, 0.29) is 19.0 Å². The van der Waals surface area contributed by atoms with Crippen molar-refractivity contribution in [3.05, 3.63) is 82.2 Å². The van der Waals surface area contributed by atoms with E-state index in [1.165, 1.54) is 0 Å². The monoisotopic (exact) mass is 535 g/mol. The normalized spacial score (nSPS) is 21.0. The molecule has 0 aromatic heterocycles. The molecular formula is C30H33NO6S. The Hall–Kier alpha value is -3.52. The van der Waals surface area contributed by atoms with Gasteiger partial charge >= 0.3 is 11.9 Å². The molecule has 1 N–H and O–H groups in total. The first-order valence-electron chi connectivity index (χ1n) is 12.7. The topological polar surface area (TPSA) is 90.9 Å². The highest BCUT2D eigenvalue weighted by Gasteiger charge is 2.49. The van der Waals surface area contributed by atoms with Crippen molar-refractivity contribution in [2.24, 2.45) is 5.92 Å². The van der Waals surface area contributed by atoms with Gasteiger partial charge in [0.15, 0.2) is 5.78 Å². The highest BCUT2D eigenvalue weighted by atomic mass is 32.2. The number of hydrogen-bond donors (Lipinski definition) is 1. The molecule has 38 heavy (non-hydrogen) atoms. The van der Waals surface area contributed by atoms with Gasteiger partial charge < -0.3 is 19.5 Å². The van der Waals surface area contributed by atoms with Gasteiger partial charge in [0.25, 0.3) is 0 Å². The lowest BCUT2D eigenvalue weighted by Crippen LogP contribution is -2.43. The van der Waals surface area contributed by atoms with Crippen molar-refractivity contribution in [2.75, 3.05) is 26.6 Å². The summed E-state index contributed by atoms with van der Waals surface area (Å²) in [6.07, 6.45) is 2.36. The molecule has 0 saturated heterocycles. The number of allylic oxidation sites excluding steroid dienone is 3. The van der Waals surface area contributed by atoms with Crippen LogP contribution in [0.2, 0.25) is 0 Å². The molecule has 0 radical (unpaired) electrons.